The molecule has 2 heterocycles. The minimum absolute atomic E-state index is 0.0486. The molecule has 1 amide bonds. The molecule has 0 spiro atoms. The molecule has 1 aromatic heterocycles. The highest BCUT2D eigenvalue weighted by Gasteiger charge is 2.20. The minimum atomic E-state index is -0.148. The number of hydrogen-bond acceptors (Lipinski definition) is 3. The van der Waals surface area contributed by atoms with Crippen molar-refractivity contribution in [3.8, 4) is 0 Å². The Morgan fingerprint density at radius 1 is 1.24 bits per heavy atom. The first-order chi connectivity index (χ1) is 12.1. The van der Waals surface area contributed by atoms with Crippen LogP contribution in [0.3, 0.4) is 0 Å². The first kappa shape index (κ1) is 17.6. The lowest BCUT2D eigenvalue weighted by atomic mass is 10.1. The van der Waals surface area contributed by atoms with Gasteiger partial charge in [0, 0.05) is 0 Å². The van der Waals surface area contributed by atoms with Crippen molar-refractivity contribution in [1.29, 1.82) is 0 Å². The number of hydrogen-bond donors (Lipinski definition) is 3. The van der Waals surface area contributed by atoms with Gasteiger partial charge in [0.25, 0.3) is 5.91 Å². The number of piperazine rings is 1. The first-order valence-electron chi connectivity index (χ1n) is 9.03. The van der Waals surface area contributed by atoms with Gasteiger partial charge in [-0.25, -0.2) is 4.68 Å². The quantitative estimate of drug-likeness (QED) is 0.570. The average molecular weight is 344 g/mol. The van der Waals surface area contributed by atoms with Gasteiger partial charge in [0.15, 0.2) is 5.69 Å². The Balaban J connectivity index is 1.49. The molecule has 0 aliphatic carbocycles. The lowest BCUT2D eigenvalue weighted by Crippen LogP contribution is -3.27. The van der Waals surface area contributed by atoms with E-state index in [-0.39, 0.29) is 11.9 Å². The van der Waals surface area contributed by atoms with Crippen molar-refractivity contribution in [2.24, 2.45) is 0 Å². The zero-order chi connectivity index (χ0) is 17.6. The van der Waals surface area contributed by atoms with E-state index < -0.39 is 0 Å². The van der Waals surface area contributed by atoms with Crippen molar-refractivity contribution >= 4 is 5.91 Å². The fourth-order valence-corrected chi connectivity index (χ4v) is 3.18. The third kappa shape index (κ3) is 4.64. The van der Waals surface area contributed by atoms with Gasteiger partial charge >= 0.3 is 0 Å². The van der Waals surface area contributed by atoms with Gasteiger partial charge in [-0.05, 0) is 12.5 Å². The molecule has 0 radical (unpaired) electrons. The van der Waals surface area contributed by atoms with Crippen LogP contribution in [0.1, 0.15) is 29.0 Å². The van der Waals surface area contributed by atoms with Crippen LogP contribution in [0.2, 0.25) is 0 Å². The summed E-state index contributed by atoms with van der Waals surface area (Å²) in [6.07, 6.45) is 1.72. The van der Waals surface area contributed by atoms with E-state index in [0.29, 0.717) is 12.2 Å². The summed E-state index contributed by atoms with van der Waals surface area (Å²) in [6, 6.07) is 10.1. The van der Waals surface area contributed by atoms with Crippen molar-refractivity contribution < 1.29 is 14.6 Å². The van der Waals surface area contributed by atoms with Gasteiger partial charge in [-0.2, -0.15) is 0 Å². The Morgan fingerprint density at radius 3 is 2.68 bits per heavy atom. The van der Waals surface area contributed by atoms with E-state index in [1.807, 2.05) is 37.3 Å². The number of nitrogens with zero attached hydrogens (tertiary/aromatic N) is 3. The van der Waals surface area contributed by atoms with Gasteiger partial charge in [-0.3, -0.25) is 4.79 Å². The molecule has 2 aromatic rings. The second kappa shape index (κ2) is 8.22. The lowest BCUT2D eigenvalue weighted by Gasteiger charge is -2.27. The van der Waals surface area contributed by atoms with Crippen LogP contribution in [0, 0.1) is 0 Å². The Labute approximate surface area is 148 Å². The first-order valence-corrected chi connectivity index (χ1v) is 9.03. The van der Waals surface area contributed by atoms with Crippen molar-refractivity contribution in [3.05, 3.63) is 47.8 Å². The Kier molecular flexibility index (Phi) is 5.78. The van der Waals surface area contributed by atoms with E-state index in [4.69, 9.17) is 0 Å². The van der Waals surface area contributed by atoms with E-state index in [0.717, 1.165) is 12.1 Å². The van der Waals surface area contributed by atoms with E-state index in [1.54, 1.807) is 20.7 Å². The molecule has 1 aliphatic rings. The molecule has 1 aliphatic heterocycles. The predicted octanol–water partition coefficient (Wildman–Crippen LogP) is -1.97. The SMILES string of the molecule is C[C@H](c1ccccc1)n1cc(C(=O)NCC[NH+]2CC[NH+](C)CC2)nn1. The summed E-state index contributed by atoms with van der Waals surface area (Å²) in [6.45, 7) is 8.44. The van der Waals surface area contributed by atoms with Crippen LogP contribution >= 0.6 is 0 Å². The summed E-state index contributed by atoms with van der Waals surface area (Å²) in [5.74, 6) is -0.148. The maximum Gasteiger partial charge on any atom is 0.273 e. The highest BCUT2D eigenvalue weighted by molar-refractivity contribution is 5.91. The lowest BCUT2D eigenvalue weighted by molar-refractivity contribution is -1.00. The monoisotopic (exact) mass is 344 g/mol. The van der Waals surface area contributed by atoms with E-state index in [2.05, 4.69) is 22.7 Å². The molecular formula is C18H28N6O+2. The number of likely N-dealkylation sites (N-methyl/N-ethyl adjacent to an activating group) is 1. The van der Waals surface area contributed by atoms with Gasteiger partial charge in [0.05, 0.1) is 32.4 Å². The minimum Gasteiger partial charge on any atom is -0.345 e. The second-order valence-corrected chi connectivity index (χ2v) is 6.88. The van der Waals surface area contributed by atoms with Gasteiger partial charge < -0.3 is 15.1 Å². The molecule has 3 N–H and O–H groups in total. The molecule has 134 valence electrons. The van der Waals surface area contributed by atoms with Crippen LogP contribution in [0.5, 0.6) is 0 Å². The Hall–Kier alpha value is -2.25. The van der Waals surface area contributed by atoms with Crippen LogP contribution in [0.25, 0.3) is 0 Å². The van der Waals surface area contributed by atoms with Crippen LogP contribution < -0.4 is 15.1 Å². The zero-order valence-electron chi connectivity index (χ0n) is 15.0. The zero-order valence-corrected chi connectivity index (χ0v) is 15.0. The number of carbonyl (C=O) groups excluding carboxylic acids is 1. The molecule has 1 fully saturated rings. The average Bonchev–Trinajstić information content (AvgIpc) is 3.13. The van der Waals surface area contributed by atoms with Crippen LogP contribution in [0.4, 0.5) is 0 Å². The molecule has 1 atom stereocenters. The highest BCUT2D eigenvalue weighted by Crippen LogP contribution is 2.15. The van der Waals surface area contributed by atoms with E-state index in [1.165, 1.54) is 26.2 Å². The number of benzene rings is 1. The third-order valence-corrected chi connectivity index (χ3v) is 5.00. The van der Waals surface area contributed by atoms with E-state index in [9.17, 15) is 4.79 Å². The fraction of sp³-hybridized carbons (Fsp3) is 0.500. The van der Waals surface area contributed by atoms with Crippen molar-refractivity contribution in [1.82, 2.24) is 20.3 Å². The van der Waals surface area contributed by atoms with Gasteiger partial charge in [0.2, 0.25) is 0 Å². The third-order valence-electron chi connectivity index (χ3n) is 5.00. The number of carbonyl (C=O) groups is 1. The number of aromatic nitrogens is 3. The second-order valence-electron chi connectivity index (χ2n) is 6.88. The largest absolute Gasteiger partial charge is 0.345 e. The maximum atomic E-state index is 12.3. The molecule has 7 nitrogen and oxygen atoms in total. The fourth-order valence-electron chi connectivity index (χ4n) is 3.18. The Bertz CT molecular complexity index is 678. The summed E-state index contributed by atoms with van der Waals surface area (Å²) in [4.78, 5) is 15.4. The molecule has 0 saturated carbocycles. The number of amides is 1. The maximum absolute atomic E-state index is 12.3. The topological polar surface area (TPSA) is 68.7 Å². The molecular weight excluding hydrogens is 316 g/mol. The summed E-state index contributed by atoms with van der Waals surface area (Å²) < 4.78 is 1.73. The number of rotatable bonds is 6. The van der Waals surface area contributed by atoms with Crippen molar-refractivity contribution in [2.75, 3.05) is 46.3 Å². The molecule has 0 unspecified atom stereocenters. The van der Waals surface area contributed by atoms with Crippen molar-refractivity contribution in [2.45, 2.75) is 13.0 Å². The van der Waals surface area contributed by atoms with Gasteiger partial charge in [0.1, 0.15) is 26.2 Å². The summed E-state index contributed by atoms with van der Waals surface area (Å²) in [7, 11) is 2.23. The van der Waals surface area contributed by atoms with E-state index >= 15 is 0 Å². The molecule has 3 rings (SSSR count). The van der Waals surface area contributed by atoms with Crippen LogP contribution in [-0.2, 0) is 0 Å². The normalized spacial score (nSPS) is 21.7. The number of quaternary nitrogens is 2. The summed E-state index contributed by atoms with van der Waals surface area (Å²) in [5.41, 5.74) is 1.51. The molecule has 1 aromatic carbocycles. The standard InChI is InChI=1S/C18H26N6O/c1-15(16-6-4-3-5-7-16)24-14-17(20-21-24)18(25)19-8-9-23-12-10-22(2)11-13-23/h3-7,14-15H,8-13H2,1-2H3,(H,19,25)/p+2/t15-/m1/s1. The predicted molar refractivity (Wildman–Crippen MR) is 94.8 cm³/mol. The van der Waals surface area contributed by atoms with Gasteiger partial charge in [-0.15, -0.1) is 5.10 Å². The van der Waals surface area contributed by atoms with Crippen molar-refractivity contribution in [3.63, 3.8) is 0 Å². The number of nitrogens with one attached hydrogen (secondary N) is 3. The highest BCUT2D eigenvalue weighted by atomic mass is 16.2. The van der Waals surface area contributed by atoms with Crippen LogP contribution in [0.15, 0.2) is 36.5 Å². The summed E-state index contributed by atoms with van der Waals surface area (Å²) >= 11 is 0. The van der Waals surface area contributed by atoms with Gasteiger partial charge in [-0.1, -0.05) is 35.5 Å². The molecule has 1 saturated heterocycles. The molecule has 7 heteroatoms. The Morgan fingerprint density at radius 2 is 1.96 bits per heavy atom. The van der Waals surface area contributed by atoms with Crippen LogP contribution in [-0.4, -0.2) is 67.2 Å². The molecule has 0 bridgehead atoms. The summed E-state index contributed by atoms with van der Waals surface area (Å²) in [5, 5.41) is 11.1. The molecule has 25 heavy (non-hydrogen) atoms. The smallest absolute Gasteiger partial charge is 0.273 e.